The lowest BCUT2D eigenvalue weighted by molar-refractivity contribution is -0.139. The quantitative estimate of drug-likeness (QED) is 0.760. The number of carboxylic acid groups (broad SMARTS) is 1. The number of hydrogen-bond acceptors (Lipinski definition) is 1. The standard InChI is InChI=1S/C14H14FNO2/c15-8-5-6-12-11(7-8)9-3-1-2-4-10(14(17)18)13(9)16-12/h5-7,10,16H,1-4H2,(H,17,18)/t10-/m1/s1. The first-order chi connectivity index (χ1) is 8.66. The van der Waals surface area contributed by atoms with Crippen molar-refractivity contribution in [3.05, 3.63) is 35.3 Å². The third-order valence-electron chi connectivity index (χ3n) is 3.72. The number of carboxylic acids is 1. The molecule has 0 saturated heterocycles. The number of nitrogens with one attached hydrogen (secondary N) is 1. The minimum atomic E-state index is -0.801. The predicted molar refractivity (Wildman–Crippen MR) is 66.2 cm³/mol. The van der Waals surface area contributed by atoms with E-state index in [2.05, 4.69) is 4.98 Å². The molecule has 3 rings (SSSR count). The molecule has 0 saturated carbocycles. The van der Waals surface area contributed by atoms with Gasteiger partial charge in [0.1, 0.15) is 5.82 Å². The second kappa shape index (κ2) is 4.12. The number of aryl methyl sites for hydroxylation is 1. The summed E-state index contributed by atoms with van der Waals surface area (Å²) >= 11 is 0. The zero-order valence-corrected chi connectivity index (χ0v) is 9.87. The van der Waals surface area contributed by atoms with Gasteiger partial charge in [0.05, 0.1) is 5.92 Å². The number of rotatable bonds is 1. The van der Waals surface area contributed by atoms with Crippen molar-refractivity contribution in [3.8, 4) is 0 Å². The predicted octanol–water partition coefficient (Wildman–Crippen LogP) is 3.20. The smallest absolute Gasteiger partial charge is 0.312 e. The highest BCUT2D eigenvalue weighted by atomic mass is 19.1. The summed E-state index contributed by atoms with van der Waals surface area (Å²) in [6, 6.07) is 4.57. The normalized spacial score (nSPS) is 19.5. The Kier molecular flexibility index (Phi) is 2.58. The van der Waals surface area contributed by atoms with Gasteiger partial charge in [-0.1, -0.05) is 6.42 Å². The molecule has 0 fully saturated rings. The summed E-state index contributed by atoms with van der Waals surface area (Å²) in [6.45, 7) is 0. The van der Waals surface area contributed by atoms with Gasteiger partial charge in [-0.15, -0.1) is 0 Å². The summed E-state index contributed by atoms with van der Waals surface area (Å²) < 4.78 is 13.3. The molecule has 94 valence electrons. The minimum absolute atomic E-state index is 0.277. The number of fused-ring (bicyclic) bond motifs is 3. The number of aliphatic carboxylic acids is 1. The topological polar surface area (TPSA) is 53.1 Å². The number of halogens is 1. The number of hydrogen-bond donors (Lipinski definition) is 2. The van der Waals surface area contributed by atoms with E-state index in [1.807, 2.05) is 0 Å². The highest BCUT2D eigenvalue weighted by Crippen LogP contribution is 2.35. The first-order valence-corrected chi connectivity index (χ1v) is 6.19. The summed E-state index contributed by atoms with van der Waals surface area (Å²) in [6.07, 6.45) is 3.33. The fourth-order valence-electron chi connectivity index (χ4n) is 2.85. The Hall–Kier alpha value is -1.84. The minimum Gasteiger partial charge on any atom is -0.481 e. The van der Waals surface area contributed by atoms with E-state index in [4.69, 9.17) is 0 Å². The lowest BCUT2D eigenvalue weighted by Crippen LogP contribution is -2.12. The summed E-state index contributed by atoms with van der Waals surface area (Å²) in [5.74, 6) is -1.57. The van der Waals surface area contributed by atoms with Gasteiger partial charge in [0.15, 0.2) is 0 Å². The molecule has 1 aliphatic rings. The SMILES string of the molecule is O=C(O)[C@@H]1CCCCc2c1[nH]c1ccc(F)cc21. The maximum atomic E-state index is 13.3. The molecular formula is C14H14FNO2. The van der Waals surface area contributed by atoms with Gasteiger partial charge < -0.3 is 10.1 Å². The summed E-state index contributed by atoms with van der Waals surface area (Å²) in [5.41, 5.74) is 2.57. The van der Waals surface area contributed by atoms with Gasteiger partial charge in [0.2, 0.25) is 0 Å². The monoisotopic (exact) mass is 247 g/mol. The van der Waals surface area contributed by atoms with Crippen LogP contribution in [0.4, 0.5) is 4.39 Å². The van der Waals surface area contributed by atoms with Crippen LogP contribution in [0.1, 0.15) is 36.4 Å². The van der Waals surface area contributed by atoms with Crippen molar-refractivity contribution in [1.82, 2.24) is 4.98 Å². The van der Waals surface area contributed by atoms with Crippen LogP contribution in [-0.4, -0.2) is 16.1 Å². The molecule has 4 heteroatoms. The van der Waals surface area contributed by atoms with E-state index in [9.17, 15) is 14.3 Å². The van der Waals surface area contributed by atoms with Crippen LogP contribution in [0.5, 0.6) is 0 Å². The molecular weight excluding hydrogens is 233 g/mol. The van der Waals surface area contributed by atoms with Crippen LogP contribution in [0.25, 0.3) is 10.9 Å². The van der Waals surface area contributed by atoms with Crippen LogP contribution < -0.4 is 0 Å². The molecule has 0 amide bonds. The van der Waals surface area contributed by atoms with E-state index in [-0.39, 0.29) is 5.82 Å². The Morgan fingerprint density at radius 1 is 1.39 bits per heavy atom. The average molecular weight is 247 g/mol. The second-order valence-electron chi connectivity index (χ2n) is 4.84. The van der Waals surface area contributed by atoms with Crippen molar-refractivity contribution in [2.45, 2.75) is 31.6 Å². The van der Waals surface area contributed by atoms with E-state index in [1.165, 1.54) is 12.1 Å². The molecule has 0 spiro atoms. The first-order valence-electron chi connectivity index (χ1n) is 6.19. The Morgan fingerprint density at radius 2 is 2.22 bits per heavy atom. The Morgan fingerprint density at radius 3 is 3.00 bits per heavy atom. The Labute approximate surface area is 104 Å². The lowest BCUT2D eigenvalue weighted by Gasteiger charge is -2.08. The molecule has 2 N–H and O–H groups in total. The molecule has 1 atom stereocenters. The number of aromatic amines is 1. The average Bonchev–Trinajstić information content (AvgIpc) is 2.55. The van der Waals surface area contributed by atoms with Crippen LogP contribution in [0.3, 0.4) is 0 Å². The zero-order chi connectivity index (χ0) is 12.7. The lowest BCUT2D eigenvalue weighted by atomic mass is 9.99. The van der Waals surface area contributed by atoms with Gasteiger partial charge in [-0.25, -0.2) is 4.39 Å². The maximum Gasteiger partial charge on any atom is 0.312 e. The van der Waals surface area contributed by atoms with E-state index in [0.29, 0.717) is 6.42 Å². The molecule has 0 aliphatic heterocycles. The fourth-order valence-corrected chi connectivity index (χ4v) is 2.85. The molecule has 1 heterocycles. The van der Waals surface area contributed by atoms with Crippen molar-refractivity contribution in [2.24, 2.45) is 0 Å². The second-order valence-corrected chi connectivity index (χ2v) is 4.84. The molecule has 1 aliphatic carbocycles. The number of H-pyrrole nitrogens is 1. The number of aromatic nitrogens is 1. The van der Waals surface area contributed by atoms with Crippen molar-refractivity contribution >= 4 is 16.9 Å². The van der Waals surface area contributed by atoms with Crippen molar-refractivity contribution in [1.29, 1.82) is 0 Å². The van der Waals surface area contributed by atoms with Gasteiger partial charge >= 0.3 is 5.97 Å². The largest absolute Gasteiger partial charge is 0.481 e. The summed E-state index contributed by atoms with van der Waals surface area (Å²) in [4.78, 5) is 14.5. The summed E-state index contributed by atoms with van der Waals surface area (Å²) in [7, 11) is 0. The van der Waals surface area contributed by atoms with Crippen LogP contribution in [0.2, 0.25) is 0 Å². The van der Waals surface area contributed by atoms with Crippen LogP contribution >= 0.6 is 0 Å². The molecule has 0 bridgehead atoms. The van der Waals surface area contributed by atoms with E-state index in [1.54, 1.807) is 6.07 Å². The molecule has 0 radical (unpaired) electrons. The van der Waals surface area contributed by atoms with Crippen LogP contribution in [0.15, 0.2) is 18.2 Å². The van der Waals surface area contributed by atoms with Gasteiger partial charge in [0.25, 0.3) is 0 Å². The molecule has 3 nitrogen and oxygen atoms in total. The zero-order valence-electron chi connectivity index (χ0n) is 9.87. The number of benzene rings is 1. The van der Waals surface area contributed by atoms with Crippen molar-refractivity contribution < 1.29 is 14.3 Å². The molecule has 2 aromatic rings. The van der Waals surface area contributed by atoms with Gasteiger partial charge in [-0.05, 0) is 43.0 Å². The fraction of sp³-hybridized carbons (Fsp3) is 0.357. The molecule has 18 heavy (non-hydrogen) atoms. The van der Waals surface area contributed by atoms with E-state index in [0.717, 1.165) is 41.4 Å². The third kappa shape index (κ3) is 1.68. The maximum absolute atomic E-state index is 13.3. The van der Waals surface area contributed by atoms with E-state index < -0.39 is 11.9 Å². The highest BCUT2D eigenvalue weighted by Gasteiger charge is 2.27. The number of carbonyl (C=O) groups is 1. The summed E-state index contributed by atoms with van der Waals surface area (Å²) in [5, 5.41) is 10.1. The highest BCUT2D eigenvalue weighted by molar-refractivity contribution is 5.88. The van der Waals surface area contributed by atoms with Crippen molar-refractivity contribution in [3.63, 3.8) is 0 Å². The van der Waals surface area contributed by atoms with Gasteiger partial charge in [-0.3, -0.25) is 4.79 Å². The van der Waals surface area contributed by atoms with Crippen LogP contribution in [-0.2, 0) is 11.2 Å². The van der Waals surface area contributed by atoms with E-state index >= 15 is 0 Å². The first kappa shape index (κ1) is 11.3. The third-order valence-corrected chi connectivity index (χ3v) is 3.72. The Bertz CT molecular complexity index is 618. The van der Waals surface area contributed by atoms with Gasteiger partial charge in [0, 0.05) is 16.6 Å². The van der Waals surface area contributed by atoms with Crippen molar-refractivity contribution in [2.75, 3.05) is 0 Å². The molecule has 1 aromatic heterocycles. The van der Waals surface area contributed by atoms with Gasteiger partial charge in [-0.2, -0.15) is 0 Å². The molecule has 1 aromatic carbocycles. The molecule has 0 unspecified atom stereocenters. The Balaban J connectivity index is 2.24. The van der Waals surface area contributed by atoms with Crippen LogP contribution in [0, 0.1) is 5.82 Å².